The van der Waals surface area contributed by atoms with E-state index in [2.05, 4.69) is 17.3 Å². The number of aromatic nitrogens is 2. The van der Waals surface area contributed by atoms with Crippen molar-refractivity contribution in [1.82, 2.24) is 9.78 Å². The fourth-order valence-corrected chi connectivity index (χ4v) is 2.39. The topological polar surface area (TPSA) is 90.0 Å². The van der Waals surface area contributed by atoms with Gasteiger partial charge in [-0.1, -0.05) is 6.92 Å². The number of sulfonamides is 1. The Morgan fingerprint density at radius 2 is 1.95 bits per heavy atom. The molecule has 0 amide bonds. The minimum Gasteiger partial charge on any atom is -0.379 e. The van der Waals surface area contributed by atoms with Gasteiger partial charge in [0.05, 0.1) is 17.1 Å². The van der Waals surface area contributed by atoms with Crippen LogP contribution in [0.15, 0.2) is 41.4 Å². The monoisotopic (exact) mass is 294 g/mol. The van der Waals surface area contributed by atoms with Crippen molar-refractivity contribution < 1.29 is 8.42 Å². The number of aryl methyl sites for hydroxylation is 1. The molecule has 3 N–H and O–H groups in total. The van der Waals surface area contributed by atoms with Gasteiger partial charge in [-0.3, -0.25) is 4.68 Å². The largest absolute Gasteiger partial charge is 0.379 e. The lowest BCUT2D eigenvalue weighted by Gasteiger charge is -2.09. The quantitative estimate of drug-likeness (QED) is 0.846. The van der Waals surface area contributed by atoms with E-state index in [4.69, 9.17) is 5.14 Å². The molecular formula is C13H18N4O2S. The van der Waals surface area contributed by atoms with Crippen molar-refractivity contribution in [3.63, 3.8) is 0 Å². The molecule has 2 aromatic rings. The number of anilines is 1. The highest BCUT2D eigenvalue weighted by atomic mass is 32.2. The van der Waals surface area contributed by atoms with Gasteiger partial charge in [0.1, 0.15) is 0 Å². The van der Waals surface area contributed by atoms with E-state index in [-0.39, 0.29) is 4.90 Å². The second kappa shape index (κ2) is 6.06. The molecule has 0 aliphatic heterocycles. The van der Waals surface area contributed by atoms with Crippen molar-refractivity contribution in [3.05, 3.63) is 42.2 Å². The zero-order valence-corrected chi connectivity index (χ0v) is 12.1. The number of primary sulfonamides is 1. The summed E-state index contributed by atoms with van der Waals surface area (Å²) < 4.78 is 24.3. The Morgan fingerprint density at radius 3 is 2.55 bits per heavy atom. The Morgan fingerprint density at radius 1 is 1.25 bits per heavy atom. The molecule has 0 fully saturated rings. The Bertz CT molecular complexity index is 662. The molecule has 0 aliphatic carbocycles. The van der Waals surface area contributed by atoms with Crippen LogP contribution in [0.25, 0.3) is 0 Å². The van der Waals surface area contributed by atoms with Gasteiger partial charge in [-0.15, -0.1) is 0 Å². The van der Waals surface area contributed by atoms with Gasteiger partial charge in [0.2, 0.25) is 10.0 Å². The van der Waals surface area contributed by atoms with Crippen molar-refractivity contribution in [1.29, 1.82) is 0 Å². The van der Waals surface area contributed by atoms with E-state index in [0.29, 0.717) is 6.54 Å². The second-order valence-corrected chi connectivity index (χ2v) is 6.03. The highest BCUT2D eigenvalue weighted by Gasteiger charge is 2.07. The van der Waals surface area contributed by atoms with Crippen LogP contribution in [0, 0.1) is 0 Å². The maximum Gasteiger partial charge on any atom is 0.238 e. The third-order valence-corrected chi connectivity index (χ3v) is 3.83. The van der Waals surface area contributed by atoms with Crippen LogP contribution in [-0.4, -0.2) is 18.2 Å². The summed E-state index contributed by atoms with van der Waals surface area (Å²) in [6, 6.07) is 8.32. The first-order valence-corrected chi connectivity index (χ1v) is 7.93. The molecule has 0 unspecified atom stereocenters. The average molecular weight is 294 g/mol. The SMILES string of the molecule is CCCn1nccc1CNc1ccc(S(N)(=O)=O)cc1. The number of hydrogen-bond donors (Lipinski definition) is 2. The van der Waals surface area contributed by atoms with Crippen LogP contribution in [0.3, 0.4) is 0 Å². The van der Waals surface area contributed by atoms with Crippen molar-refractivity contribution in [2.24, 2.45) is 5.14 Å². The lowest BCUT2D eigenvalue weighted by Crippen LogP contribution is -2.12. The van der Waals surface area contributed by atoms with E-state index in [1.54, 1.807) is 18.3 Å². The Labute approximate surface area is 118 Å². The average Bonchev–Trinajstić information content (AvgIpc) is 2.84. The van der Waals surface area contributed by atoms with Crippen molar-refractivity contribution in [2.45, 2.75) is 31.3 Å². The van der Waals surface area contributed by atoms with E-state index in [9.17, 15) is 8.42 Å². The molecule has 0 aliphatic rings. The number of benzene rings is 1. The van der Waals surface area contributed by atoms with Gasteiger partial charge < -0.3 is 5.32 Å². The zero-order valence-electron chi connectivity index (χ0n) is 11.3. The molecule has 0 bridgehead atoms. The summed E-state index contributed by atoms with van der Waals surface area (Å²) in [6.45, 7) is 3.62. The number of nitrogens with one attached hydrogen (secondary N) is 1. The number of nitrogens with two attached hydrogens (primary N) is 1. The van der Waals surface area contributed by atoms with Crippen LogP contribution >= 0.6 is 0 Å². The lowest BCUT2D eigenvalue weighted by molar-refractivity contribution is 0.578. The standard InChI is InChI=1S/C13H18N4O2S/c1-2-9-17-12(7-8-16-17)10-15-11-3-5-13(6-4-11)20(14,18)19/h3-8,15H,2,9-10H2,1H3,(H2,14,18,19). The Balaban J connectivity index is 2.02. The highest BCUT2D eigenvalue weighted by molar-refractivity contribution is 7.89. The molecule has 7 heteroatoms. The normalized spacial score (nSPS) is 11.5. The molecule has 0 radical (unpaired) electrons. The van der Waals surface area contributed by atoms with Crippen molar-refractivity contribution in [3.8, 4) is 0 Å². The van der Waals surface area contributed by atoms with Gasteiger partial charge in [0.15, 0.2) is 0 Å². The van der Waals surface area contributed by atoms with Gasteiger partial charge >= 0.3 is 0 Å². The predicted octanol–water partition coefficient (Wildman–Crippen LogP) is 1.55. The maximum absolute atomic E-state index is 11.2. The fraction of sp³-hybridized carbons (Fsp3) is 0.308. The third kappa shape index (κ3) is 3.58. The van der Waals surface area contributed by atoms with Crippen LogP contribution in [-0.2, 0) is 23.1 Å². The Hall–Kier alpha value is -1.86. The summed E-state index contributed by atoms with van der Waals surface area (Å²) in [5.74, 6) is 0. The fourth-order valence-electron chi connectivity index (χ4n) is 1.88. The summed E-state index contributed by atoms with van der Waals surface area (Å²) in [6.07, 6.45) is 2.80. The molecule has 0 spiro atoms. The molecule has 1 aromatic carbocycles. The van der Waals surface area contributed by atoms with Crippen LogP contribution in [0.5, 0.6) is 0 Å². The Kier molecular flexibility index (Phi) is 4.41. The van der Waals surface area contributed by atoms with Crippen LogP contribution in [0.4, 0.5) is 5.69 Å². The molecule has 2 rings (SSSR count). The number of nitrogens with zero attached hydrogens (tertiary/aromatic N) is 2. The first-order chi connectivity index (χ1) is 9.50. The van der Waals surface area contributed by atoms with Crippen molar-refractivity contribution in [2.75, 3.05) is 5.32 Å². The zero-order chi connectivity index (χ0) is 14.6. The van der Waals surface area contributed by atoms with Gasteiger partial charge in [-0.25, -0.2) is 13.6 Å². The van der Waals surface area contributed by atoms with E-state index < -0.39 is 10.0 Å². The van der Waals surface area contributed by atoms with Gasteiger partial charge in [-0.05, 0) is 36.8 Å². The molecule has 1 aromatic heterocycles. The first-order valence-electron chi connectivity index (χ1n) is 6.38. The smallest absolute Gasteiger partial charge is 0.238 e. The third-order valence-electron chi connectivity index (χ3n) is 2.90. The van der Waals surface area contributed by atoms with E-state index in [1.807, 2.05) is 10.7 Å². The lowest BCUT2D eigenvalue weighted by atomic mass is 10.3. The summed E-state index contributed by atoms with van der Waals surface area (Å²) in [5.41, 5.74) is 1.92. The van der Waals surface area contributed by atoms with Crippen molar-refractivity contribution >= 4 is 15.7 Å². The van der Waals surface area contributed by atoms with E-state index in [0.717, 1.165) is 24.3 Å². The molecule has 0 saturated heterocycles. The van der Waals surface area contributed by atoms with E-state index in [1.165, 1.54) is 12.1 Å². The van der Waals surface area contributed by atoms with Crippen LogP contribution in [0.2, 0.25) is 0 Å². The molecule has 108 valence electrons. The van der Waals surface area contributed by atoms with Gasteiger partial charge in [0.25, 0.3) is 0 Å². The minimum absolute atomic E-state index is 0.110. The molecule has 0 saturated carbocycles. The highest BCUT2D eigenvalue weighted by Crippen LogP contribution is 2.13. The van der Waals surface area contributed by atoms with Gasteiger partial charge in [0, 0.05) is 18.4 Å². The summed E-state index contributed by atoms with van der Waals surface area (Å²) in [7, 11) is -3.63. The first kappa shape index (κ1) is 14.5. The molecule has 6 nitrogen and oxygen atoms in total. The molecule has 1 heterocycles. The van der Waals surface area contributed by atoms with Crippen LogP contribution in [0.1, 0.15) is 19.0 Å². The number of rotatable bonds is 6. The summed E-state index contributed by atoms with van der Waals surface area (Å²) in [5, 5.41) is 12.5. The summed E-state index contributed by atoms with van der Waals surface area (Å²) >= 11 is 0. The van der Waals surface area contributed by atoms with Crippen LogP contribution < -0.4 is 10.5 Å². The van der Waals surface area contributed by atoms with E-state index >= 15 is 0 Å². The molecule has 0 atom stereocenters. The summed E-state index contributed by atoms with van der Waals surface area (Å²) in [4.78, 5) is 0.110. The predicted molar refractivity (Wildman–Crippen MR) is 77.7 cm³/mol. The molecular weight excluding hydrogens is 276 g/mol. The van der Waals surface area contributed by atoms with Gasteiger partial charge in [-0.2, -0.15) is 5.10 Å². The maximum atomic E-state index is 11.2. The molecule has 20 heavy (non-hydrogen) atoms. The second-order valence-electron chi connectivity index (χ2n) is 4.47. The number of hydrogen-bond acceptors (Lipinski definition) is 4. The minimum atomic E-state index is -3.63.